The maximum absolute atomic E-state index is 4.21. The molecule has 0 amide bonds. The van der Waals surface area contributed by atoms with E-state index >= 15 is 0 Å². The Labute approximate surface area is 126 Å². The highest BCUT2D eigenvalue weighted by Crippen LogP contribution is 2.55. The maximum Gasteiger partial charge on any atom is 0.0312 e. The SMILES string of the molecule is c1ccc([C@@H]2[C@@H]3CCC[C@@H]3[C@H]2NCc2cccnc2)cc1. The second kappa shape index (κ2) is 5.61. The average molecular weight is 278 g/mol. The van der Waals surface area contributed by atoms with Crippen molar-refractivity contribution >= 4 is 0 Å². The van der Waals surface area contributed by atoms with Crippen molar-refractivity contribution in [1.82, 2.24) is 10.3 Å². The van der Waals surface area contributed by atoms with Gasteiger partial charge >= 0.3 is 0 Å². The molecule has 0 spiro atoms. The number of nitrogens with zero attached hydrogens (tertiary/aromatic N) is 1. The van der Waals surface area contributed by atoms with Crippen LogP contribution in [0.5, 0.6) is 0 Å². The highest BCUT2D eigenvalue weighted by Gasteiger charge is 2.52. The Morgan fingerprint density at radius 2 is 1.86 bits per heavy atom. The zero-order valence-corrected chi connectivity index (χ0v) is 12.3. The van der Waals surface area contributed by atoms with Gasteiger partial charge in [0.1, 0.15) is 0 Å². The van der Waals surface area contributed by atoms with Crippen molar-refractivity contribution < 1.29 is 0 Å². The Morgan fingerprint density at radius 3 is 2.67 bits per heavy atom. The summed E-state index contributed by atoms with van der Waals surface area (Å²) < 4.78 is 0. The lowest BCUT2D eigenvalue weighted by Gasteiger charge is -2.50. The molecule has 2 aromatic rings. The van der Waals surface area contributed by atoms with Gasteiger partial charge in [0, 0.05) is 30.9 Å². The molecular weight excluding hydrogens is 256 g/mol. The summed E-state index contributed by atoms with van der Waals surface area (Å²) in [4.78, 5) is 4.21. The fraction of sp³-hybridized carbons (Fsp3) is 0.421. The summed E-state index contributed by atoms with van der Waals surface area (Å²) in [6.07, 6.45) is 8.03. The molecule has 0 unspecified atom stereocenters. The molecule has 108 valence electrons. The number of nitrogens with one attached hydrogen (secondary N) is 1. The minimum atomic E-state index is 0.639. The first-order valence-electron chi connectivity index (χ1n) is 8.11. The topological polar surface area (TPSA) is 24.9 Å². The molecule has 2 aliphatic rings. The van der Waals surface area contributed by atoms with Crippen LogP contribution in [0, 0.1) is 11.8 Å². The van der Waals surface area contributed by atoms with Crippen molar-refractivity contribution in [3.63, 3.8) is 0 Å². The van der Waals surface area contributed by atoms with Crippen LogP contribution in [-0.4, -0.2) is 11.0 Å². The number of benzene rings is 1. The van der Waals surface area contributed by atoms with Gasteiger partial charge in [-0.2, -0.15) is 0 Å². The van der Waals surface area contributed by atoms with Crippen molar-refractivity contribution in [3.05, 3.63) is 66.0 Å². The molecule has 1 N–H and O–H groups in total. The van der Waals surface area contributed by atoms with E-state index in [1.54, 1.807) is 0 Å². The molecule has 2 aliphatic carbocycles. The molecule has 0 saturated heterocycles. The van der Waals surface area contributed by atoms with Gasteiger partial charge in [-0.25, -0.2) is 0 Å². The van der Waals surface area contributed by atoms with E-state index in [1.165, 1.54) is 30.4 Å². The number of hydrogen-bond donors (Lipinski definition) is 1. The summed E-state index contributed by atoms with van der Waals surface area (Å²) >= 11 is 0. The van der Waals surface area contributed by atoms with Crippen LogP contribution < -0.4 is 5.32 Å². The Morgan fingerprint density at radius 1 is 1.00 bits per heavy atom. The molecule has 1 heterocycles. The van der Waals surface area contributed by atoms with E-state index in [2.05, 4.69) is 46.7 Å². The lowest BCUT2D eigenvalue weighted by atomic mass is 9.60. The zero-order valence-electron chi connectivity index (χ0n) is 12.3. The van der Waals surface area contributed by atoms with E-state index in [0.29, 0.717) is 12.0 Å². The molecule has 2 heteroatoms. The highest BCUT2D eigenvalue weighted by molar-refractivity contribution is 5.28. The highest BCUT2D eigenvalue weighted by atomic mass is 15.0. The molecular formula is C19H22N2. The monoisotopic (exact) mass is 278 g/mol. The molecule has 4 rings (SSSR count). The van der Waals surface area contributed by atoms with Crippen LogP contribution in [0.2, 0.25) is 0 Å². The molecule has 4 atom stereocenters. The van der Waals surface area contributed by atoms with Crippen LogP contribution in [0.3, 0.4) is 0 Å². The fourth-order valence-electron chi connectivity index (χ4n) is 4.44. The van der Waals surface area contributed by atoms with Crippen molar-refractivity contribution in [2.45, 2.75) is 37.8 Å². The van der Waals surface area contributed by atoms with Gasteiger partial charge in [0.15, 0.2) is 0 Å². The van der Waals surface area contributed by atoms with E-state index in [4.69, 9.17) is 0 Å². The summed E-state index contributed by atoms with van der Waals surface area (Å²) in [6, 6.07) is 15.9. The average Bonchev–Trinajstić information content (AvgIpc) is 2.94. The van der Waals surface area contributed by atoms with Crippen LogP contribution in [0.4, 0.5) is 0 Å². The third-order valence-electron chi connectivity index (χ3n) is 5.38. The van der Waals surface area contributed by atoms with E-state index < -0.39 is 0 Å². The number of hydrogen-bond acceptors (Lipinski definition) is 2. The number of aromatic nitrogens is 1. The van der Waals surface area contributed by atoms with Gasteiger partial charge < -0.3 is 5.32 Å². The molecule has 2 saturated carbocycles. The lowest BCUT2D eigenvalue weighted by Crippen LogP contribution is -2.54. The van der Waals surface area contributed by atoms with Gasteiger partial charge in [-0.05, 0) is 41.9 Å². The van der Waals surface area contributed by atoms with Gasteiger partial charge in [0.05, 0.1) is 0 Å². The van der Waals surface area contributed by atoms with Gasteiger partial charge in [-0.3, -0.25) is 4.98 Å². The van der Waals surface area contributed by atoms with Crippen molar-refractivity contribution in [1.29, 1.82) is 0 Å². The quantitative estimate of drug-likeness (QED) is 0.921. The van der Waals surface area contributed by atoms with E-state index in [0.717, 1.165) is 18.4 Å². The molecule has 1 aromatic heterocycles. The Kier molecular flexibility index (Phi) is 3.48. The van der Waals surface area contributed by atoms with E-state index in [-0.39, 0.29) is 0 Å². The fourth-order valence-corrected chi connectivity index (χ4v) is 4.44. The van der Waals surface area contributed by atoms with Crippen molar-refractivity contribution in [2.24, 2.45) is 11.8 Å². The third kappa shape index (κ3) is 2.38. The third-order valence-corrected chi connectivity index (χ3v) is 5.38. The molecule has 2 nitrogen and oxygen atoms in total. The molecule has 0 radical (unpaired) electrons. The van der Waals surface area contributed by atoms with Gasteiger partial charge in [-0.1, -0.05) is 42.8 Å². The van der Waals surface area contributed by atoms with Crippen LogP contribution in [0.15, 0.2) is 54.9 Å². The summed E-state index contributed by atoms with van der Waals surface area (Å²) in [5.74, 6) is 2.49. The van der Waals surface area contributed by atoms with Gasteiger partial charge in [0.2, 0.25) is 0 Å². The molecule has 2 fully saturated rings. The summed E-state index contributed by atoms with van der Waals surface area (Å²) in [5, 5.41) is 3.82. The van der Waals surface area contributed by atoms with Crippen LogP contribution in [0.1, 0.15) is 36.3 Å². The van der Waals surface area contributed by atoms with E-state index in [1.807, 2.05) is 18.5 Å². The van der Waals surface area contributed by atoms with Crippen molar-refractivity contribution in [2.75, 3.05) is 0 Å². The summed E-state index contributed by atoms with van der Waals surface area (Å²) in [6.45, 7) is 0.936. The predicted octanol–water partition coefficient (Wildman–Crippen LogP) is 3.75. The molecule has 21 heavy (non-hydrogen) atoms. The number of fused-ring (bicyclic) bond motifs is 1. The zero-order chi connectivity index (χ0) is 14.1. The van der Waals surface area contributed by atoms with Crippen LogP contribution in [0.25, 0.3) is 0 Å². The Bertz CT molecular complexity index is 581. The summed E-state index contributed by atoms with van der Waals surface area (Å²) in [5.41, 5.74) is 2.80. The Balaban J connectivity index is 1.50. The minimum Gasteiger partial charge on any atom is -0.309 e. The first-order valence-corrected chi connectivity index (χ1v) is 8.11. The smallest absolute Gasteiger partial charge is 0.0312 e. The molecule has 1 aromatic carbocycles. The standard InChI is InChI=1S/C19H22N2/c1-2-7-15(8-3-1)18-16-9-4-10-17(16)19(18)21-13-14-6-5-11-20-12-14/h1-3,5-8,11-12,16-19,21H,4,9-10,13H2/t16-,17+,18-,19-/m1/s1. The predicted molar refractivity (Wildman–Crippen MR) is 84.9 cm³/mol. The second-order valence-electron chi connectivity index (χ2n) is 6.46. The maximum atomic E-state index is 4.21. The normalized spacial score (nSPS) is 30.7. The minimum absolute atomic E-state index is 0.639. The number of pyridine rings is 1. The Hall–Kier alpha value is -1.67. The van der Waals surface area contributed by atoms with Gasteiger partial charge in [-0.15, -0.1) is 0 Å². The van der Waals surface area contributed by atoms with Crippen LogP contribution in [-0.2, 0) is 6.54 Å². The first kappa shape index (κ1) is 13.0. The number of rotatable bonds is 4. The second-order valence-corrected chi connectivity index (χ2v) is 6.46. The lowest BCUT2D eigenvalue weighted by molar-refractivity contribution is 0.0940. The molecule has 0 bridgehead atoms. The van der Waals surface area contributed by atoms with Gasteiger partial charge in [0.25, 0.3) is 0 Å². The first-order chi connectivity index (χ1) is 10.4. The van der Waals surface area contributed by atoms with E-state index in [9.17, 15) is 0 Å². The van der Waals surface area contributed by atoms with Crippen molar-refractivity contribution in [3.8, 4) is 0 Å². The molecule has 0 aliphatic heterocycles. The largest absolute Gasteiger partial charge is 0.309 e. The van der Waals surface area contributed by atoms with Crippen LogP contribution >= 0.6 is 0 Å². The summed E-state index contributed by atoms with van der Waals surface area (Å²) in [7, 11) is 0.